The van der Waals surface area contributed by atoms with Crippen LogP contribution in [0.4, 0.5) is 0 Å². The maximum absolute atomic E-state index is 12.9. The standard InChI is InChI=1S/C24H25ClN4O/c1-16-21(23(30)27-24(2,3)4)28-29(22(16)18-9-11-19(25)12-10-18)20-13-7-17(8-14-20)6-5-15-26/h7-14H,15,26H2,1-4H3,(H,27,30). The van der Waals surface area contributed by atoms with Crippen LogP contribution in [0, 0.1) is 18.8 Å². The first kappa shape index (κ1) is 21.6. The first-order valence-electron chi connectivity index (χ1n) is 9.67. The SMILES string of the molecule is Cc1c(C(=O)NC(C)(C)C)nn(-c2ccc(C#CCN)cc2)c1-c1ccc(Cl)cc1. The average Bonchev–Trinajstić information content (AvgIpc) is 3.03. The number of nitrogens with zero attached hydrogens (tertiary/aromatic N) is 2. The molecule has 0 bridgehead atoms. The lowest BCUT2D eigenvalue weighted by Crippen LogP contribution is -2.41. The van der Waals surface area contributed by atoms with E-state index in [0.717, 1.165) is 28.1 Å². The minimum atomic E-state index is -0.364. The van der Waals surface area contributed by atoms with E-state index in [1.807, 2.05) is 76.2 Å². The molecule has 3 aromatic rings. The van der Waals surface area contributed by atoms with Crippen LogP contribution in [0.15, 0.2) is 48.5 Å². The molecule has 30 heavy (non-hydrogen) atoms. The predicted molar refractivity (Wildman–Crippen MR) is 122 cm³/mol. The molecule has 0 aliphatic heterocycles. The van der Waals surface area contributed by atoms with Gasteiger partial charge in [0.2, 0.25) is 0 Å². The molecule has 0 atom stereocenters. The molecule has 1 amide bonds. The van der Waals surface area contributed by atoms with Gasteiger partial charge in [0.25, 0.3) is 5.91 Å². The first-order chi connectivity index (χ1) is 14.2. The third kappa shape index (κ3) is 4.91. The van der Waals surface area contributed by atoms with Crippen molar-refractivity contribution in [3.8, 4) is 28.8 Å². The van der Waals surface area contributed by atoms with Gasteiger partial charge < -0.3 is 11.1 Å². The van der Waals surface area contributed by atoms with Crippen molar-refractivity contribution in [3.05, 3.63) is 70.4 Å². The molecule has 1 aromatic heterocycles. The van der Waals surface area contributed by atoms with Gasteiger partial charge in [-0.2, -0.15) is 5.10 Å². The first-order valence-corrected chi connectivity index (χ1v) is 10.0. The number of amides is 1. The predicted octanol–water partition coefficient (Wildman–Crippen LogP) is 4.34. The number of nitrogens with one attached hydrogen (secondary N) is 1. The van der Waals surface area contributed by atoms with E-state index in [1.165, 1.54) is 0 Å². The topological polar surface area (TPSA) is 72.9 Å². The van der Waals surface area contributed by atoms with E-state index >= 15 is 0 Å². The summed E-state index contributed by atoms with van der Waals surface area (Å²) in [5.41, 5.74) is 9.73. The van der Waals surface area contributed by atoms with Gasteiger partial charge in [0, 0.05) is 27.3 Å². The Balaban J connectivity index is 2.14. The lowest BCUT2D eigenvalue weighted by atomic mass is 10.0. The molecule has 0 spiro atoms. The maximum Gasteiger partial charge on any atom is 0.272 e. The van der Waals surface area contributed by atoms with Crippen LogP contribution in [-0.2, 0) is 0 Å². The Morgan fingerprint density at radius 2 is 1.77 bits per heavy atom. The highest BCUT2D eigenvalue weighted by Gasteiger charge is 2.24. The van der Waals surface area contributed by atoms with Gasteiger partial charge in [0.15, 0.2) is 5.69 Å². The van der Waals surface area contributed by atoms with Gasteiger partial charge in [-0.15, -0.1) is 0 Å². The number of halogens is 1. The lowest BCUT2D eigenvalue weighted by Gasteiger charge is -2.19. The number of carbonyl (C=O) groups is 1. The fraction of sp³-hybridized carbons (Fsp3) is 0.250. The second-order valence-electron chi connectivity index (χ2n) is 8.00. The van der Waals surface area contributed by atoms with Crippen LogP contribution in [0.5, 0.6) is 0 Å². The Kier molecular flexibility index (Phi) is 6.31. The molecule has 0 saturated heterocycles. The van der Waals surface area contributed by atoms with Crippen molar-refractivity contribution in [1.29, 1.82) is 0 Å². The summed E-state index contributed by atoms with van der Waals surface area (Å²) in [6.07, 6.45) is 0. The van der Waals surface area contributed by atoms with E-state index < -0.39 is 0 Å². The summed E-state index contributed by atoms with van der Waals surface area (Å²) in [6.45, 7) is 8.05. The quantitative estimate of drug-likeness (QED) is 0.619. The monoisotopic (exact) mass is 420 g/mol. The van der Waals surface area contributed by atoms with E-state index in [0.29, 0.717) is 17.3 Å². The van der Waals surface area contributed by atoms with Crippen LogP contribution in [0.25, 0.3) is 16.9 Å². The fourth-order valence-corrected chi connectivity index (χ4v) is 3.21. The molecular weight excluding hydrogens is 396 g/mol. The molecule has 154 valence electrons. The normalized spacial score (nSPS) is 11.0. The maximum atomic E-state index is 12.9. The van der Waals surface area contributed by atoms with Gasteiger partial charge in [-0.1, -0.05) is 35.6 Å². The minimum Gasteiger partial charge on any atom is -0.346 e. The van der Waals surface area contributed by atoms with Crippen LogP contribution < -0.4 is 11.1 Å². The van der Waals surface area contributed by atoms with Crippen molar-refractivity contribution < 1.29 is 4.79 Å². The van der Waals surface area contributed by atoms with E-state index in [4.69, 9.17) is 17.3 Å². The van der Waals surface area contributed by atoms with Gasteiger partial charge in [0.05, 0.1) is 17.9 Å². The summed E-state index contributed by atoms with van der Waals surface area (Å²) in [6, 6.07) is 15.2. The van der Waals surface area contributed by atoms with Crippen molar-refractivity contribution in [2.24, 2.45) is 5.73 Å². The summed E-state index contributed by atoms with van der Waals surface area (Å²) >= 11 is 6.07. The molecule has 0 saturated carbocycles. The highest BCUT2D eigenvalue weighted by atomic mass is 35.5. The second kappa shape index (κ2) is 8.74. The van der Waals surface area contributed by atoms with Gasteiger partial charge in [-0.25, -0.2) is 4.68 Å². The minimum absolute atomic E-state index is 0.209. The van der Waals surface area contributed by atoms with E-state index in [2.05, 4.69) is 22.3 Å². The van der Waals surface area contributed by atoms with Crippen molar-refractivity contribution in [1.82, 2.24) is 15.1 Å². The van der Waals surface area contributed by atoms with E-state index in [9.17, 15) is 4.79 Å². The highest BCUT2D eigenvalue weighted by Crippen LogP contribution is 2.30. The number of aromatic nitrogens is 2. The Labute approximate surface area is 182 Å². The van der Waals surface area contributed by atoms with Crippen molar-refractivity contribution >= 4 is 17.5 Å². The summed E-state index contributed by atoms with van der Waals surface area (Å²) in [5, 5.41) is 8.31. The second-order valence-corrected chi connectivity index (χ2v) is 8.43. The zero-order valence-electron chi connectivity index (χ0n) is 17.6. The zero-order valence-corrected chi connectivity index (χ0v) is 18.3. The molecular formula is C24H25ClN4O. The molecule has 6 heteroatoms. The van der Waals surface area contributed by atoms with Crippen LogP contribution in [0.3, 0.4) is 0 Å². The van der Waals surface area contributed by atoms with Crippen LogP contribution >= 0.6 is 11.6 Å². The number of benzene rings is 2. The molecule has 5 nitrogen and oxygen atoms in total. The van der Waals surface area contributed by atoms with Gasteiger partial charge in [0.1, 0.15) is 0 Å². The Bertz CT molecular complexity index is 1110. The van der Waals surface area contributed by atoms with Gasteiger partial charge in [-0.05, 0) is 64.1 Å². The number of hydrogen-bond donors (Lipinski definition) is 2. The van der Waals surface area contributed by atoms with Crippen molar-refractivity contribution in [2.45, 2.75) is 33.2 Å². The van der Waals surface area contributed by atoms with Crippen molar-refractivity contribution in [3.63, 3.8) is 0 Å². The number of rotatable bonds is 3. The number of hydrogen-bond acceptors (Lipinski definition) is 3. The summed E-state index contributed by atoms with van der Waals surface area (Å²) in [5.74, 6) is 5.65. The van der Waals surface area contributed by atoms with Crippen LogP contribution in [0.1, 0.15) is 42.4 Å². The summed E-state index contributed by atoms with van der Waals surface area (Å²) in [4.78, 5) is 12.9. The molecule has 1 heterocycles. The smallest absolute Gasteiger partial charge is 0.272 e. The largest absolute Gasteiger partial charge is 0.346 e. The molecule has 0 unspecified atom stereocenters. The lowest BCUT2D eigenvalue weighted by molar-refractivity contribution is 0.0913. The van der Waals surface area contributed by atoms with Crippen LogP contribution in [0.2, 0.25) is 5.02 Å². The fourth-order valence-electron chi connectivity index (χ4n) is 3.08. The summed E-state index contributed by atoms with van der Waals surface area (Å²) < 4.78 is 1.79. The molecule has 0 aliphatic rings. The summed E-state index contributed by atoms with van der Waals surface area (Å²) in [7, 11) is 0. The molecule has 0 fully saturated rings. The average molecular weight is 421 g/mol. The van der Waals surface area contributed by atoms with E-state index in [1.54, 1.807) is 4.68 Å². The molecule has 3 rings (SSSR count). The molecule has 0 aliphatic carbocycles. The zero-order chi connectivity index (χ0) is 21.9. The third-order valence-electron chi connectivity index (χ3n) is 4.39. The van der Waals surface area contributed by atoms with Gasteiger partial charge >= 0.3 is 0 Å². The van der Waals surface area contributed by atoms with Crippen molar-refractivity contribution in [2.75, 3.05) is 6.54 Å². The molecule has 2 aromatic carbocycles. The molecule has 3 N–H and O–H groups in total. The number of nitrogens with two attached hydrogens (primary N) is 1. The molecule has 0 radical (unpaired) electrons. The Morgan fingerprint density at radius 3 is 2.33 bits per heavy atom. The van der Waals surface area contributed by atoms with Crippen LogP contribution in [-0.4, -0.2) is 27.8 Å². The number of carbonyl (C=O) groups excluding carboxylic acids is 1. The Hall–Kier alpha value is -3.07. The third-order valence-corrected chi connectivity index (χ3v) is 4.64. The Morgan fingerprint density at radius 1 is 1.13 bits per heavy atom. The highest BCUT2D eigenvalue weighted by molar-refractivity contribution is 6.30. The van der Waals surface area contributed by atoms with Gasteiger partial charge in [-0.3, -0.25) is 4.79 Å². The van der Waals surface area contributed by atoms with E-state index in [-0.39, 0.29) is 11.4 Å².